The Kier molecular flexibility index (Phi) is 6.73. The van der Waals surface area contributed by atoms with E-state index in [9.17, 15) is 4.39 Å². The molecule has 0 radical (unpaired) electrons. The molecule has 0 saturated carbocycles. The normalized spacial score (nSPS) is 14.6. The molecule has 2 rings (SSSR count). The molecule has 0 aromatic heterocycles. The second-order valence-corrected chi connectivity index (χ2v) is 7.09. The van der Waals surface area contributed by atoms with Crippen molar-refractivity contribution in [2.24, 2.45) is 0 Å². The summed E-state index contributed by atoms with van der Waals surface area (Å²) in [5.41, 5.74) is 5.48. The Balaban J connectivity index is 2.34. The van der Waals surface area contributed by atoms with Crippen LogP contribution in [0.4, 0.5) is 10.1 Å². The van der Waals surface area contributed by atoms with Crippen molar-refractivity contribution in [2.75, 3.05) is 24.2 Å². The van der Waals surface area contributed by atoms with Crippen molar-refractivity contribution in [1.29, 1.82) is 0 Å². The molecule has 0 saturated heterocycles. The van der Waals surface area contributed by atoms with Crippen molar-refractivity contribution in [1.82, 2.24) is 0 Å². The Morgan fingerprint density at radius 1 is 1.29 bits per heavy atom. The molecule has 0 N–H and O–H groups in total. The first kappa shape index (κ1) is 18.9. The smallest absolute Gasteiger partial charge is 0.101 e. The van der Waals surface area contributed by atoms with Gasteiger partial charge in [-0.1, -0.05) is 19.6 Å². The third-order valence-electron chi connectivity index (χ3n) is 4.52. The third-order valence-corrected chi connectivity index (χ3v) is 5.44. The fraction of sp³-hybridized carbons (Fsp3) is 0.429. The number of nitrogens with zero attached hydrogens (tertiary/aromatic N) is 1. The van der Waals surface area contributed by atoms with Crippen molar-refractivity contribution in [3.63, 3.8) is 0 Å². The molecule has 1 nitrogen and oxygen atoms in total. The van der Waals surface area contributed by atoms with E-state index in [2.05, 4.69) is 56.7 Å². The fourth-order valence-electron chi connectivity index (χ4n) is 3.22. The maximum Gasteiger partial charge on any atom is 0.101 e. The molecule has 1 aromatic carbocycles. The minimum Gasteiger partial charge on any atom is -0.372 e. The minimum atomic E-state index is -0.0441. The predicted molar refractivity (Wildman–Crippen MR) is 107 cm³/mol. The highest BCUT2D eigenvalue weighted by Crippen LogP contribution is 2.38. The zero-order valence-corrected chi connectivity index (χ0v) is 16.1. The second kappa shape index (κ2) is 8.57. The van der Waals surface area contributed by atoms with E-state index in [-0.39, 0.29) is 5.83 Å². The van der Waals surface area contributed by atoms with Gasteiger partial charge in [0.15, 0.2) is 0 Å². The maximum absolute atomic E-state index is 13.8. The summed E-state index contributed by atoms with van der Waals surface area (Å²) in [5.74, 6) is -0.0441. The molecule has 0 bridgehead atoms. The van der Waals surface area contributed by atoms with Crippen molar-refractivity contribution in [2.45, 2.75) is 40.0 Å². The molecular formula is C21H28FNS. The Labute approximate surface area is 150 Å². The number of halogens is 1. The molecule has 0 spiro atoms. The van der Waals surface area contributed by atoms with Gasteiger partial charge in [-0.2, -0.15) is 0 Å². The number of hydrogen-bond donors (Lipinski definition) is 0. The highest BCUT2D eigenvalue weighted by atomic mass is 32.2. The van der Waals surface area contributed by atoms with Gasteiger partial charge in [-0.05, 0) is 78.3 Å². The van der Waals surface area contributed by atoms with Crippen LogP contribution >= 0.6 is 11.8 Å². The number of allylic oxidation sites excluding steroid dienone is 5. The quantitative estimate of drug-likeness (QED) is 0.554. The van der Waals surface area contributed by atoms with E-state index in [1.54, 1.807) is 17.8 Å². The van der Waals surface area contributed by atoms with Crippen LogP contribution < -0.4 is 4.90 Å². The van der Waals surface area contributed by atoms with Crippen LogP contribution in [-0.2, 0) is 0 Å². The number of thioether (sulfide) groups is 1. The average Bonchev–Trinajstić information content (AvgIpc) is 2.59. The second-order valence-electron chi connectivity index (χ2n) is 6.19. The first-order valence-electron chi connectivity index (χ1n) is 8.70. The van der Waals surface area contributed by atoms with Gasteiger partial charge in [0.25, 0.3) is 0 Å². The Bertz CT molecular complexity index is 672. The van der Waals surface area contributed by atoms with E-state index in [0.29, 0.717) is 6.42 Å². The lowest BCUT2D eigenvalue weighted by molar-refractivity contribution is 0.585. The first-order valence-corrected chi connectivity index (χ1v) is 9.92. The van der Waals surface area contributed by atoms with Gasteiger partial charge in [0, 0.05) is 25.2 Å². The SMILES string of the molecule is C=C(C1=C(SC)CCC(F)=C1)c1ccc(N(CC)CCC)c(C)c1. The molecule has 24 heavy (non-hydrogen) atoms. The van der Waals surface area contributed by atoms with Crippen LogP contribution in [0.2, 0.25) is 0 Å². The molecule has 0 fully saturated rings. The Morgan fingerprint density at radius 2 is 2.04 bits per heavy atom. The van der Waals surface area contributed by atoms with Crippen LogP contribution in [0.15, 0.2) is 47.2 Å². The number of rotatable bonds is 7. The lowest BCUT2D eigenvalue weighted by Crippen LogP contribution is -2.24. The lowest BCUT2D eigenvalue weighted by atomic mass is 9.93. The number of hydrogen-bond acceptors (Lipinski definition) is 2. The Morgan fingerprint density at radius 3 is 2.62 bits per heavy atom. The van der Waals surface area contributed by atoms with Crippen molar-refractivity contribution in [3.05, 3.63) is 58.3 Å². The molecule has 0 aliphatic heterocycles. The topological polar surface area (TPSA) is 3.24 Å². The lowest BCUT2D eigenvalue weighted by Gasteiger charge is -2.25. The van der Waals surface area contributed by atoms with Gasteiger partial charge in [0.2, 0.25) is 0 Å². The van der Waals surface area contributed by atoms with Crippen LogP contribution in [0.25, 0.3) is 5.57 Å². The monoisotopic (exact) mass is 345 g/mol. The van der Waals surface area contributed by atoms with Gasteiger partial charge < -0.3 is 4.90 Å². The fourth-order valence-corrected chi connectivity index (χ4v) is 3.92. The van der Waals surface area contributed by atoms with Crippen molar-refractivity contribution >= 4 is 23.0 Å². The maximum atomic E-state index is 13.8. The van der Waals surface area contributed by atoms with Gasteiger partial charge in [0.05, 0.1) is 0 Å². The molecule has 3 heteroatoms. The van der Waals surface area contributed by atoms with E-state index in [0.717, 1.165) is 42.6 Å². The van der Waals surface area contributed by atoms with Gasteiger partial charge in [0.1, 0.15) is 5.83 Å². The molecule has 0 atom stereocenters. The molecular weight excluding hydrogens is 317 g/mol. The number of aryl methyl sites for hydroxylation is 1. The van der Waals surface area contributed by atoms with Gasteiger partial charge in [-0.15, -0.1) is 11.8 Å². The summed E-state index contributed by atoms with van der Waals surface area (Å²) in [6.45, 7) is 12.9. The standard InChI is InChI=1S/C21H28FNS/c1-6-12-23(7-2)20-10-8-17(13-15(20)3)16(4)19-14-18(22)9-11-21(19)24-5/h8,10,13-14H,4,6-7,9,11-12H2,1-3,5H3. The Hall–Kier alpha value is -1.48. The van der Waals surface area contributed by atoms with Crippen LogP contribution in [0.5, 0.6) is 0 Å². The molecule has 1 aromatic rings. The first-order chi connectivity index (χ1) is 11.5. The molecule has 1 aliphatic carbocycles. The summed E-state index contributed by atoms with van der Waals surface area (Å²) < 4.78 is 13.8. The van der Waals surface area contributed by atoms with Crippen molar-refractivity contribution in [3.8, 4) is 0 Å². The van der Waals surface area contributed by atoms with Gasteiger partial charge >= 0.3 is 0 Å². The van der Waals surface area contributed by atoms with Crippen LogP contribution in [0, 0.1) is 6.92 Å². The average molecular weight is 346 g/mol. The predicted octanol–water partition coefficient (Wildman–Crippen LogP) is 6.51. The third kappa shape index (κ3) is 4.13. The molecule has 1 aliphatic rings. The number of benzene rings is 1. The van der Waals surface area contributed by atoms with Crippen LogP contribution in [-0.4, -0.2) is 19.3 Å². The van der Waals surface area contributed by atoms with E-state index >= 15 is 0 Å². The summed E-state index contributed by atoms with van der Waals surface area (Å²) in [6.07, 6.45) is 6.13. The van der Waals surface area contributed by atoms with E-state index in [4.69, 9.17) is 0 Å². The van der Waals surface area contributed by atoms with Crippen molar-refractivity contribution < 1.29 is 4.39 Å². The van der Waals surface area contributed by atoms with Gasteiger partial charge in [-0.3, -0.25) is 0 Å². The summed E-state index contributed by atoms with van der Waals surface area (Å²) in [5, 5.41) is 0. The van der Waals surface area contributed by atoms with E-state index < -0.39 is 0 Å². The largest absolute Gasteiger partial charge is 0.372 e. The molecule has 0 unspecified atom stereocenters. The minimum absolute atomic E-state index is 0.0441. The van der Waals surface area contributed by atoms with Crippen LogP contribution in [0.3, 0.4) is 0 Å². The van der Waals surface area contributed by atoms with E-state index in [1.165, 1.54) is 16.2 Å². The summed E-state index contributed by atoms with van der Waals surface area (Å²) in [7, 11) is 0. The highest BCUT2D eigenvalue weighted by Gasteiger charge is 2.17. The zero-order valence-electron chi connectivity index (χ0n) is 15.3. The van der Waals surface area contributed by atoms with Gasteiger partial charge in [-0.25, -0.2) is 4.39 Å². The zero-order chi connectivity index (χ0) is 17.7. The summed E-state index contributed by atoms with van der Waals surface area (Å²) >= 11 is 1.70. The van der Waals surface area contributed by atoms with E-state index in [1.807, 2.05) is 0 Å². The number of anilines is 1. The molecule has 130 valence electrons. The van der Waals surface area contributed by atoms with Crippen LogP contribution in [0.1, 0.15) is 44.2 Å². The molecule has 0 heterocycles. The summed E-state index contributed by atoms with van der Waals surface area (Å²) in [6, 6.07) is 6.48. The highest BCUT2D eigenvalue weighted by molar-refractivity contribution is 8.02. The molecule has 0 amide bonds. The summed E-state index contributed by atoms with van der Waals surface area (Å²) in [4.78, 5) is 3.62.